The fourth-order valence-electron chi connectivity index (χ4n) is 2.27. The van der Waals surface area contributed by atoms with E-state index in [4.69, 9.17) is 4.74 Å². The maximum Gasteiger partial charge on any atom is 0.319 e. The Morgan fingerprint density at radius 2 is 2.04 bits per heavy atom. The van der Waals surface area contributed by atoms with Crippen molar-refractivity contribution in [2.45, 2.75) is 6.54 Å². The fraction of sp³-hybridized carbons (Fsp3) is 0.105. The number of benzene rings is 1. The first-order valence-electron chi connectivity index (χ1n) is 7.79. The minimum Gasteiger partial charge on any atom is -0.497 e. The Morgan fingerprint density at radius 1 is 1.12 bits per heavy atom. The Morgan fingerprint density at radius 3 is 2.76 bits per heavy atom. The molecule has 0 atom stereocenters. The van der Waals surface area contributed by atoms with Crippen molar-refractivity contribution in [3.05, 3.63) is 72.7 Å². The number of urea groups is 1. The molecule has 0 fully saturated rings. The number of hydrogen-bond acceptors (Lipinski definition) is 4. The molecule has 126 valence electrons. The van der Waals surface area contributed by atoms with Crippen LogP contribution in [0.5, 0.6) is 5.75 Å². The maximum absolute atomic E-state index is 12.0. The molecule has 6 heteroatoms. The van der Waals surface area contributed by atoms with Crippen molar-refractivity contribution in [2.75, 3.05) is 12.4 Å². The van der Waals surface area contributed by atoms with Crippen LogP contribution in [0.25, 0.3) is 11.3 Å². The van der Waals surface area contributed by atoms with Crippen LogP contribution >= 0.6 is 0 Å². The Labute approximate surface area is 145 Å². The Kier molecular flexibility index (Phi) is 5.21. The summed E-state index contributed by atoms with van der Waals surface area (Å²) >= 11 is 0. The number of aromatic nitrogens is 2. The van der Waals surface area contributed by atoms with Crippen molar-refractivity contribution in [1.29, 1.82) is 0 Å². The molecule has 1 aromatic carbocycles. The summed E-state index contributed by atoms with van der Waals surface area (Å²) in [5.74, 6) is 0.688. The highest BCUT2D eigenvalue weighted by Crippen LogP contribution is 2.17. The van der Waals surface area contributed by atoms with E-state index in [0.717, 1.165) is 16.8 Å². The second kappa shape index (κ2) is 7.92. The van der Waals surface area contributed by atoms with E-state index in [2.05, 4.69) is 20.6 Å². The van der Waals surface area contributed by atoms with Crippen molar-refractivity contribution in [3.63, 3.8) is 0 Å². The van der Waals surface area contributed by atoms with Gasteiger partial charge in [-0.3, -0.25) is 9.97 Å². The summed E-state index contributed by atoms with van der Waals surface area (Å²) in [7, 11) is 1.58. The van der Waals surface area contributed by atoms with Crippen LogP contribution < -0.4 is 15.4 Å². The largest absolute Gasteiger partial charge is 0.497 e. The van der Waals surface area contributed by atoms with Gasteiger partial charge in [-0.2, -0.15) is 0 Å². The first kappa shape index (κ1) is 16.4. The number of anilines is 1. The highest BCUT2D eigenvalue weighted by Gasteiger charge is 2.04. The number of carbonyl (C=O) groups excluding carboxylic acids is 1. The SMILES string of the molecule is COc1cccc(NC(=O)NCc2ccc(-c3cccnc3)nc2)c1. The number of hydrogen-bond donors (Lipinski definition) is 2. The Balaban J connectivity index is 1.55. The average molecular weight is 334 g/mol. The summed E-state index contributed by atoms with van der Waals surface area (Å²) in [6.07, 6.45) is 5.23. The molecule has 0 aliphatic rings. The third-order valence-corrected chi connectivity index (χ3v) is 3.56. The first-order valence-corrected chi connectivity index (χ1v) is 7.79. The van der Waals surface area contributed by atoms with Gasteiger partial charge in [-0.05, 0) is 35.9 Å². The second-order valence-corrected chi connectivity index (χ2v) is 5.33. The fourth-order valence-corrected chi connectivity index (χ4v) is 2.27. The van der Waals surface area contributed by atoms with Crippen LogP contribution in [0.2, 0.25) is 0 Å². The van der Waals surface area contributed by atoms with Gasteiger partial charge in [0, 0.05) is 42.5 Å². The number of methoxy groups -OCH3 is 1. The van der Waals surface area contributed by atoms with Gasteiger partial charge in [0.15, 0.2) is 0 Å². The highest BCUT2D eigenvalue weighted by atomic mass is 16.5. The summed E-state index contributed by atoms with van der Waals surface area (Å²) in [4.78, 5) is 20.5. The van der Waals surface area contributed by atoms with E-state index in [1.807, 2.05) is 36.4 Å². The minimum absolute atomic E-state index is 0.287. The van der Waals surface area contributed by atoms with Crippen LogP contribution in [0, 0.1) is 0 Å². The molecule has 0 unspecified atom stereocenters. The molecule has 6 nitrogen and oxygen atoms in total. The molecule has 0 aliphatic carbocycles. The number of nitrogens with one attached hydrogen (secondary N) is 2. The molecule has 0 radical (unpaired) electrons. The second-order valence-electron chi connectivity index (χ2n) is 5.33. The number of pyridine rings is 2. The number of ether oxygens (including phenoxy) is 1. The van der Waals surface area contributed by atoms with E-state index < -0.39 is 0 Å². The quantitative estimate of drug-likeness (QED) is 0.749. The molecule has 2 amide bonds. The molecule has 2 N–H and O–H groups in total. The average Bonchev–Trinajstić information content (AvgIpc) is 2.67. The first-order chi connectivity index (χ1) is 12.2. The number of nitrogens with zero attached hydrogens (tertiary/aromatic N) is 2. The lowest BCUT2D eigenvalue weighted by Gasteiger charge is -2.09. The van der Waals surface area contributed by atoms with Gasteiger partial charge in [-0.25, -0.2) is 4.79 Å². The minimum atomic E-state index is -0.287. The highest BCUT2D eigenvalue weighted by molar-refractivity contribution is 5.89. The van der Waals surface area contributed by atoms with Gasteiger partial charge >= 0.3 is 6.03 Å². The van der Waals surface area contributed by atoms with Crippen LogP contribution in [0.4, 0.5) is 10.5 Å². The van der Waals surface area contributed by atoms with Gasteiger partial charge in [0.1, 0.15) is 5.75 Å². The summed E-state index contributed by atoms with van der Waals surface area (Å²) in [6.45, 7) is 0.385. The molecule has 0 spiro atoms. The van der Waals surface area contributed by atoms with Crippen LogP contribution in [-0.4, -0.2) is 23.1 Å². The third-order valence-electron chi connectivity index (χ3n) is 3.56. The normalized spacial score (nSPS) is 10.1. The zero-order valence-corrected chi connectivity index (χ0v) is 13.8. The maximum atomic E-state index is 12.0. The lowest BCUT2D eigenvalue weighted by molar-refractivity contribution is 0.251. The summed E-state index contributed by atoms with van der Waals surface area (Å²) in [6, 6.07) is 14.6. The van der Waals surface area contributed by atoms with E-state index in [1.165, 1.54) is 0 Å². The van der Waals surface area contributed by atoms with Crippen molar-refractivity contribution < 1.29 is 9.53 Å². The van der Waals surface area contributed by atoms with Crippen molar-refractivity contribution in [1.82, 2.24) is 15.3 Å². The molecular weight excluding hydrogens is 316 g/mol. The van der Waals surface area contributed by atoms with E-state index >= 15 is 0 Å². The Bertz CT molecular complexity index is 836. The molecule has 25 heavy (non-hydrogen) atoms. The molecule has 2 aromatic heterocycles. The smallest absolute Gasteiger partial charge is 0.319 e. The van der Waals surface area contributed by atoms with E-state index in [1.54, 1.807) is 37.8 Å². The van der Waals surface area contributed by atoms with Crippen molar-refractivity contribution in [3.8, 4) is 17.0 Å². The lowest BCUT2D eigenvalue weighted by atomic mass is 10.1. The molecule has 3 aromatic rings. The van der Waals surface area contributed by atoms with Gasteiger partial charge in [0.2, 0.25) is 0 Å². The van der Waals surface area contributed by atoms with Crippen molar-refractivity contribution >= 4 is 11.7 Å². The molecule has 0 saturated heterocycles. The lowest BCUT2D eigenvalue weighted by Crippen LogP contribution is -2.28. The number of carbonyl (C=O) groups is 1. The van der Waals surface area contributed by atoms with Gasteiger partial charge < -0.3 is 15.4 Å². The Hall–Kier alpha value is -3.41. The predicted molar refractivity (Wildman–Crippen MR) is 96.3 cm³/mol. The zero-order chi connectivity index (χ0) is 17.5. The number of rotatable bonds is 5. The number of amides is 2. The summed E-state index contributed by atoms with van der Waals surface area (Å²) in [5, 5.41) is 5.57. The van der Waals surface area contributed by atoms with Gasteiger partial charge in [-0.1, -0.05) is 12.1 Å². The topological polar surface area (TPSA) is 76.1 Å². The van der Waals surface area contributed by atoms with Crippen LogP contribution in [0.1, 0.15) is 5.56 Å². The molecule has 0 bridgehead atoms. The van der Waals surface area contributed by atoms with Gasteiger partial charge in [0.05, 0.1) is 12.8 Å². The summed E-state index contributed by atoms with van der Waals surface area (Å²) in [5.41, 5.74) is 3.38. The van der Waals surface area contributed by atoms with E-state index in [-0.39, 0.29) is 6.03 Å². The molecule has 2 heterocycles. The zero-order valence-electron chi connectivity index (χ0n) is 13.8. The molecule has 0 saturated carbocycles. The molecular formula is C19H18N4O2. The summed E-state index contributed by atoms with van der Waals surface area (Å²) < 4.78 is 5.13. The third kappa shape index (κ3) is 4.54. The van der Waals surface area contributed by atoms with Crippen molar-refractivity contribution in [2.24, 2.45) is 0 Å². The van der Waals surface area contributed by atoms with Gasteiger partial charge in [-0.15, -0.1) is 0 Å². The van der Waals surface area contributed by atoms with Crippen LogP contribution in [0.15, 0.2) is 67.1 Å². The predicted octanol–water partition coefficient (Wildman–Crippen LogP) is 3.47. The van der Waals surface area contributed by atoms with Crippen LogP contribution in [0.3, 0.4) is 0 Å². The monoisotopic (exact) mass is 334 g/mol. The van der Waals surface area contributed by atoms with E-state index in [0.29, 0.717) is 18.0 Å². The van der Waals surface area contributed by atoms with Crippen LogP contribution in [-0.2, 0) is 6.54 Å². The van der Waals surface area contributed by atoms with E-state index in [9.17, 15) is 4.79 Å². The van der Waals surface area contributed by atoms with Gasteiger partial charge in [0.25, 0.3) is 0 Å². The molecule has 0 aliphatic heterocycles. The molecule has 3 rings (SSSR count). The standard InChI is InChI=1S/C19H18N4O2/c1-25-17-6-2-5-16(10-17)23-19(24)22-12-14-7-8-18(21-11-14)15-4-3-9-20-13-15/h2-11,13H,12H2,1H3,(H2,22,23,24).